The van der Waals surface area contributed by atoms with Crippen LogP contribution in [0.25, 0.3) is 0 Å². The lowest BCUT2D eigenvalue weighted by atomic mass is 9.77. The van der Waals surface area contributed by atoms with E-state index in [0.29, 0.717) is 13.0 Å². The lowest BCUT2D eigenvalue weighted by Crippen LogP contribution is -2.61. The maximum absolute atomic E-state index is 14.1. The van der Waals surface area contributed by atoms with Crippen LogP contribution in [0.15, 0.2) is 24.3 Å². The Morgan fingerprint density at radius 2 is 1.94 bits per heavy atom. The molecule has 1 N–H and O–H groups in total. The van der Waals surface area contributed by atoms with Crippen LogP contribution in [0.4, 0.5) is 0 Å². The Morgan fingerprint density at radius 3 is 2.58 bits per heavy atom. The van der Waals surface area contributed by atoms with Crippen molar-refractivity contribution >= 4 is 17.8 Å². The Morgan fingerprint density at radius 1 is 1.21 bits per heavy atom. The van der Waals surface area contributed by atoms with Crippen molar-refractivity contribution in [1.82, 2.24) is 9.80 Å². The van der Waals surface area contributed by atoms with E-state index < -0.39 is 47.1 Å². The van der Waals surface area contributed by atoms with Crippen molar-refractivity contribution in [3.63, 3.8) is 0 Å². The molecule has 7 atom stereocenters. The zero-order valence-electron chi connectivity index (χ0n) is 20.2. The van der Waals surface area contributed by atoms with Gasteiger partial charge in [0, 0.05) is 12.1 Å². The normalized spacial score (nSPS) is 35.9. The van der Waals surface area contributed by atoms with Gasteiger partial charge in [-0.05, 0) is 33.1 Å². The van der Waals surface area contributed by atoms with E-state index in [1.807, 2.05) is 58.9 Å². The molecule has 0 aromatic rings. The third-order valence-corrected chi connectivity index (χ3v) is 7.71. The van der Waals surface area contributed by atoms with Crippen LogP contribution < -0.4 is 0 Å². The van der Waals surface area contributed by atoms with E-state index in [-0.39, 0.29) is 30.9 Å². The number of cyclic esters (lactones) is 1. The van der Waals surface area contributed by atoms with Crippen LogP contribution >= 0.6 is 0 Å². The van der Waals surface area contributed by atoms with Crippen LogP contribution in [0.2, 0.25) is 0 Å². The van der Waals surface area contributed by atoms with Gasteiger partial charge in [-0.25, -0.2) is 0 Å². The number of hydrogen-bond donors (Lipinski definition) is 1. The minimum Gasteiger partial charge on any atom is -0.465 e. The number of carbonyl (C=O) groups is 3. The van der Waals surface area contributed by atoms with E-state index in [1.165, 1.54) is 4.90 Å². The molecular weight excluding hydrogens is 424 g/mol. The van der Waals surface area contributed by atoms with Gasteiger partial charge in [0.05, 0.1) is 31.3 Å². The number of hydrogen-bond acceptors (Lipinski definition) is 6. The average molecular weight is 461 g/mol. The summed E-state index contributed by atoms with van der Waals surface area (Å²) >= 11 is 0. The molecular formula is C25H36N2O6. The van der Waals surface area contributed by atoms with Gasteiger partial charge < -0.3 is 24.4 Å². The number of aliphatic hydroxyl groups excluding tert-OH is 1. The minimum absolute atomic E-state index is 0.0436. The van der Waals surface area contributed by atoms with Crippen molar-refractivity contribution in [2.75, 3.05) is 19.8 Å². The van der Waals surface area contributed by atoms with E-state index in [1.54, 1.807) is 4.90 Å². The van der Waals surface area contributed by atoms with Crippen LogP contribution in [0.3, 0.4) is 0 Å². The van der Waals surface area contributed by atoms with E-state index in [2.05, 4.69) is 0 Å². The molecule has 8 heteroatoms. The topological polar surface area (TPSA) is 96.4 Å². The first-order valence-corrected chi connectivity index (χ1v) is 12.0. The van der Waals surface area contributed by atoms with Gasteiger partial charge in [0.2, 0.25) is 11.8 Å². The van der Waals surface area contributed by atoms with Crippen LogP contribution in [0.5, 0.6) is 0 Å². The molecule has 2 fully saturated rings. The lowest BCUT2D eigenvalue weighted by molar-refractivity contribution is -0.158. The standard InChI is InChI=1S/C25H36N2O6/c1-6-15(2)16(14-28)27-20-22(30)26(24(3,4)5)12-9-11-25(20)19(21(27)29)18-17(33-25)10-7-8-13-32-23(18)31/h7,9-11,15-20,28H,6,8,12-14H2,1-5H3/t15-,16-,17-,18+,19-,20?,25-/m0/s1. The summed E-state index contributed by atoms with van der Waals surface area (Å²) in [5.74, 6) is -2.79. The first-order valence-electron chi connectivity index (χ1n) is 12.0. The van der Waals surface area contributed by atoms with Crippen molar-refractivity contribution in [1.29, 1.82) is 0 Å². The molecule has 4 aliphatic rings. The van der Waals surface area contributed by atoms with Gasteiger partial charge in [0.1, 0.15) is 17.6 Å². The average Bonchev–Trinajstić information content (AvgIpc) is 3.11. The van der Waals surface area contributed by atoms with Crippen molar-refractivity contribution < 1.29 is 29.0 Å². The molecule has 33 heavy (non-hydrogen) atoms. The van der Waals surface area contributed by atoms with Gasteiger partial charge in [-0.1, -0.05) is 44.6 Å². The summed E-state index contributed by atoms with van der Waals surface area (Å²) in [5.41, 5.74) is -1.78. The van der Waals surface area contributed by atoms with Crippen LogP contribution in [-0.2, 0) is 23.9 Å². The molecule has 4 aliphatic heterocycles. The molecule has 8 nitrogen and oxygen atoms in total. The molecule has 4 rings (SSSR count). The molecule has 0 bridgehead atoms. The number of rotatable bonds is 4. The molecule has 0 aliphatic carbocycles. The van der Waals surface area contributed by atoms with Gasteiger partial charge in [0.15, 0.2) is 0 Å². The fraction of sp³-hybridized carbons (Fsp3) is 0.720. The summed E-state index contributed by atoms with van der Waals surface area (Å²) in [7, 11) is 0. The maximum Gasteiger partial charge on any atom is 0.312 e. The van der Waals surface area contributed by atoms with Gasteiger partial charge in [0.25, 0.3) is 0 Å². The number of aliphatic hydroxyl groups is 1. The van der Waals surface area contributed by atoms with Crippen LogP contribution in [0.1, 0.15) is 47.5 Å². The summed E-state index contributed by atoms with van der Waals surface area (Å²) in [6.45, 7) is 10.2. The van der Waals surface area contributed by atoms with E-state index in [9.17, 15) is 19.5 Å². The van der Waals surface area contributed by atoms with Crippen molar-refractivity contribution in [3.8, 4) is 0 Å². The van der Waals surface area contributed by atoms with Crippen molar-refractivity contribution in [2.24, 2.45) is 17.8 Å². The SMILES string of the molecule is CC[C@H](C)[C@H](CO)N1C(=O)[C@@H]2[C@@H]3C(=O)OCCC=C[C@@H]3O[C@@]23C=CCN(C(C)(C)C)C(=O)C13. The van der Waals surface area contributed by atoms with Crippen molar-refractivity contribution in [3.05, 3.63) is 24.3 Å². The molecule has 182 valence electrons. The van der Waals surface area contributed by atoms with Crippen LogP contribution in [0, 0.1) is 17.8 Å². The minimum atomic E-state index is -1.29. The first-order chi connectivity index (χ1) is 15.6. The molecule has 2 amide bonds. The second-order valence-corrected chi connectivity index (χ2v) is 10.6. The number of nitrogens with zero attached hydrogens (tertiary/aromatic N) is 2. The second kappa shape index (κ2) is 8.55. The predicted molar refractivity (Wildman–Crippen MR) is 121 cm³/mol. The summed E-state index contributed by atoms with van der Waals surface area (Å²) in [4.78, 5) is 44.5. The highest BCUT2D eigenvalue weighted by molar-refractivity contribution is 5.99. The number of fused-ring (bicyclic) bond motifs is 2. The Labute approximate surface area is 195 Å². The molecule has 4 heterocycles. The van der Waals surface area contributed by atoms with Crippen LogP contribution in [-0.4, -0.2) is 81.8 Å². The predicted octanol–water partition coefficient (Wildman–Crippen LogP) is 1.67. The van der Waals surface area contributed by atoms with E-state index in [0.717, 1.165) is 6.42 Å². The highest BCUT2D eigenvalue weighted by atomic mass is 16.6. The van der Waals surface area contributed by atoms with Gasteiger partial charge in [-0.15, -0.1) is 0 Å². The largest absolute Gasteiger partial charge is 0.465 e. The number of esters is 1. The fourth-order valence-electron chi connectivity index (χ4n) is 5.82. The molecule has 0 saturated carbocycles. The van der Waals surface area contributed by atoms with Crippen molar-refractivity contribution in [2.45, 2.75) is 76.8 Å². The molecule has 1 unspecified atom stereocenters. The third kappa shape index (κ3) is 3.62. The number of ether oxygens (including phenoxy) is 2. The molecule has 0 radical (unpaired) electrons. The molecule has 2 saturated heterocycles. The van der Waals surface area contributed by atoms with E-state index >= 15 is 0 Å². The number of amides is 2. The monoisotopic (exact) mass is 460 g/mol. The number of likely N-dealkylation sites (tertiary alicyclic amines) is 1. The zero-order valence-corrected chi connectivity index (χ0v) is 20.2. The second-order valence-electron chi connectivity index (χ2n) is 10.6. The summed E-state index contributed by atoms with van der Waals surface area (Å²) < 4.78 is 12.0. The Bertz CT molecular complexity index is 877. The summed E-state index contributed by atoms with van der Waals surface area (Å²) in [6.07, 6.45) is 8.08. The highest BCUT2D eigenvalue weighted by Gasteiger charge is 2.73. The highest BCUT2D eigenvalue weighted by Crippen LogP contribution is 2.54. The molecule has 1 spiro atoms. The smallest absolute Gasteiger partial charge is 0.312 e. The Hall–Kier alpha value is -2.19. The number of carbonyl (C=O) groups excluding carboxylic acids is 3. The summed E-state index contributed by atoms with van der Waals surface area (Å²) in [5, 5.41) is 10.3. The summed E-state index contributed by atoms with van der Waals surface area (Å²) in [6, 6.07) is -1.53. The Kier molecular flexibility index (Phi) is 6.20. The zero-order chi connectivity index (χ0) is 24.1. The maximum atomic E-state index is 14.1. The quantitative estimate of drug-likeness (QED) is 0.507. The first kappa shape index (κ1) is 24.0. The fourth-order valence-corrected chi connectivity index (χ4v) is 5.82. The molecule has 0 aromatic heterocycles. The molecule has 0 aromatic carbocycles. The lowest BCUT2D eigenvalue weighted by Gasteiger charge is -2.43. The van der Waals surface area contributed by atoms with Gasteiger partial charge in [-0.3, -0.25) is 14.4 Å². The van der Waals surface area contributed by atoms with E-state index in [4.69, 9.17) is 9.47 Å². The third-order valence-electron chi connectivity index (χ3n) is 7.71. The van der Waals surface area contributed by atoms with Gasteiger partial charge >= 0.3 is 5.97 Å². The Balaban J connectivity index is 1.89. The van der Waals surface area contributed by atoms with Gasteiger partial charge in [-0.2, -0.15) is 0 Å².